The molecule has 0 saturated heterocycles. The molecule has 1 aromatic carbocycles. The Morgan fingerprint density at radius 3 is 2.77 bits per heavy atom. The Bertz CT molecular complexity index is 899. The van der Waals surface area contributed by atoms with Crippen molar-refractivity contribution in [3.05, 3.63) is 64.1 Å². The summed E-state index contributed by atoms with van der Waals surface area (Å²) in [5.41, 5.74) is 3.20. The van der Waals surface area contributed by atoms with Gasteiger partial charge in [0.1, 0.15) is 17.1 Å². The van der Waals surface area contributed by atoms with Gasteiger partial charge >= 0.3 is 0 Å². The number of nitrogens with zero attached hydrogens (tertiary/aromatic N) is 1. The molecule has 2 aromatic heterocycles. The smallest absolute Gasteiger partial charge is 0.249 e. The molecule has 0 fully saturated rings. The van der Waals surface area contributed by atoms with Crippen molar-refractivity contribution in [3.63, 3.8) is 0 Å². The predicted molar refractivity (Wildman–Crippen MR) is 85.5 cm³/mol. The first kappa shape index (κ1) is 13.1. The van der Waals surface area contributed by atoms with Gasteiger partial charge in [0.2, 0.25) is 5.56 Å². The number of aryl methyl sites for hydroxylation is 2. The van der Waals surface area contributed by atoms with Gasteiger partial charge in [-0.25, -0.2) is 4.98 Å². The average molecular weight is 292 g/mol. The molecule has 0 spiro atoms. The van der Waals surface area contributed by atoms with E-state index in [4.69, 9.17) is 4.74 Å². The van der Waals surface area contributed by atoms with Gasteiger partial charge in [0.25, 0.3) is 0 Å². The van der Waals surface area contributed by atoms with E-state index in [-0.39, 0.29) is 5.56 Å². The zero-order valence-electron chi connectivity index (χ0n) is 12.1. The number of aromatic amines is 1. The maximum absolute atomic E-state index is 11.4. The van der Waals surface area contributed by atoms with Crippen LogP contribution >= 0.6 is 0 Å². The molecule has 0 amide bonds. The van der Waals surface area contributed by atoms with Gasteiger partial charge in [-0.1, -0.05) is 6.07 Å². The van der Waals surface area contributed by atoms with Crippen molar-refractivity contribution in [2.75, 3.05) is 0 Å². The summed E-state index contributed by atoms with van der Waals surface area (Å²) in [5.74, 6) is 1.54. The van der Waals surface area contributed by atoms with Crippen LogP contribution in [0.5, 0.6) is 11.5 Å². The molecule has 4 nitrogen and oxygen atoms in total. The number of rotatable bonds is 2. The van der Waals surface area contributed by atoms with Crippen LogP contribution in [-0.4, -0.2) is 9.97 Å². The van der Waals surface area contributed by atoms with Crippen LogP contribution in [0.1, 0.15) is 24.0 Å². The molecule has 1 N–H and O–H groups in total. The van der Waals surface area contributed by atoms with Gasteiger partial charge in [-0.15, -0.1) is 0 Å². The minimum Gasteiger partial charge on any atom is -0.457 e. The summed E-state index contributed by atoms with van der Waals surface area (Å²) in [4.78, 5) is 18.3. The van der Waals surface area contributed by atoms with Crippen molar-refractivity contribution in [1.29, 1.82) is 0 Å². The molecule has 3 aromatic rings. The normalized spacial score (nSPS) is 13.8. The molecule has 0 saturated carbocycles. The minimum absolute atomic E-state index is 0.161. The summed E-state index contributed by atoms with van der Waals surface area (Å²) in [5, 5.41) is 0.805. The van der Waals surface area contributed by atoms with Crippen molar-refractivity contribution in [3.8, 4) is 11.5 Å². The highest BCUT2D eigenvalue weighted by Crippen LogP contribution is 2.30. The van der Waals surface area contributed by atoms with Crippen LogP contribution in [0.2, 0.25) is 0 Å². The van der Waals surface area contributed by atoms with E-state index in [1.807, 2.05) is 12.1 Å². The van der Waals surface area contributed by atoms with Gasteiger partial charge in [-0.2, -0.15) is 0 Å². The van der Waals surface area contributed by atoms with Crippen molar-refractivity contribution in [2.45, 2.75) is 25.7 Å². The third-order valence-electron chi connectivity index (χ3n) is 4.14. The molecule has 22 heavy (non-hydrogen) atoms. The molecule has 2 heterocycles. The topological polar surface area (TPSA) is 55.0 Å². The molecule has 0 unspecified atom stereocenters. The maximum atomic E-state index is 11.4. The van der Waals surface area contributed by atoms with Gasteiger partial charge in [0, 0.05) is 12.3 Å². The maximum Gasteiger partial charge on any atom is 0.249 e. The van der Waals surface area contributed by atoms with Gasteiger partial charge in [0.15, 0.2) is 0 Å². The number of fused-ring (bicyclic) bond motifs is 2. The van der Waals surface area contributed by atoms with Crippen LogP contribution in [0.3, 0.4) is 0 Å². The molecular formula is C18H16N2O2. The lowest BCUT2D eigenvalue weighted by Crippen LogP contribution is -2.04. The number of hydrogen-bond donors (Lipinski definition) is 1. The summed E-state index contributed by atoms with van der Waals surface area (Å²) in [6, 6.07) is 11.4. The fourth-order valence-electron chi connectivity index (χ4n) is 3.02. The SMILES string of the molecule is O=c1ccc2c(Oc3ccc4c(c3)CCCC4)ccnc2[nH]1. The van der Waals surface area contributed by atoms with Crippen LogP contribution in [0.25, 0.3) is 11.0 Å². The summed E-state index contributed by atoms with van der Waals surface area (Å²) >= 11 is 0. The number of H-pyrrole nitrogens is 1. The van der Waals surface area contributed by atoms with Gasteiger partial charge in [0.05, 0.1) is 5.39 Å². The van der Waals surface area contributed by atoms with Crippen molar-refractivity contribution < 1.29 is 4.74 Å². The highest BCUT2D eigenvalue weighted by atomic mass is 16.5. The number of hydrogen-bond acceptors (Lipinski definition) is 3. The third kappa shape index (κ3) is 2.37. The Kier molecular flexibility index (Phi) is 3.15. The second-order valence-electron chi connectivity index (χ2n) is 5.63. The molecule has 0 aliphatic heterocycles. The van der Waals surface area contributed by atoms with Crippen molar-refractivity contribution in [2.24, 2.45) is 0 Å². The van der Waals surface area contributed by atoms with Crippen molar-refractivity contribution in [1.82, 2.24) is 9.97 Å². The van der Waals surface area contributed by atoms with Crippen LogP contribution in [0.4, 0.5) is 0 Å². The third-order valence-corrected chi connectivity index (χ3v) is 4.14. The summed E-state index contributed by atoms with van der Waals surface area (Å²) in [6.07, 6.45) is 6.45. The van der Waals surface area contributed by atoms with Crippen LogP contribution in [-0.2, 0) is 12.8 Å². The minimum atomic E-state index is -0.161. The second-order valence-corrected chi connectivity index (χ2v) is 5.63. The van der Waals surface area contributed by atoms with E-state index in [1.54, 1.807) is 12.3 Å². The van der Waals surface area contributed by atoms with E-state index in [9.17, 15) is 4.79 Å². The van der Waals surface area contributed by atoms with Gasteiger partial charge in [-0.3, -0.25) is 4.79 Å². The molecule has 110 valence electrons. The summed E-state index contributed by atoms with van der Waals surface area (Å²) in [7, 11) is 0. The van der Waals surface area contributed by atoms with E-state index in [0.29, 0.717) is 11.4 Å². The largest absolute Gasteiger partial charge is 0.457 e. The molecule has 4 rings (SSSR count). The second kappa shape index (κ2) is 5.30. The number of ether oxygens (including phenoxy) is 1. The molecule has 0 radical (unpaired) electrons. The highest BCUT2D eigenvalue weighted by molar-refractivity contribution is 5.81. The lowest BCUT2D eigenvalue weighted by atomic mass is 9.92. The standard InChI is InChI=1S/C18H16N2O2/c21-17-8-7-15-16(9-10-19-18(15)20-17)22-14-6-5-12-3-1-2-4-13(12)11-14/h5-11H,1-4H2,(H,19,20,21). The average Bonchev–Trinajstić information content (AvgIpc) is 2.55. The first-order valence-corrected chi connectivity index (χ1v) is 7.57. The Hall–Kier alpha value is -2.62. The Morgan fingerprint density at radius 2 is 1.86 bits per heavy atom. The fraction of sp³-hybridized carbons (Fsp3) is 0.222. The first-order valence-electron chi connectivity index (χ1n) is 7.57. The number of aromatic nitrogens is 2. The van der Waals surface area contributed by atoms with Gasteiger partial charge in [-0.05, 0) is 61.1 Å². The van der Waals surface area contributed by atoms with E-state index in [0.717, 1.165) is 24.0 Å². The number of nitrogens with one attached hydrogen (secondary N) is 1. The van der Waals surface area contributed by atoms with E-state index in [2.05, 4.69) is 22.1 Å². The van der Waals surface area contributed by atoms with Crippen LogP contribution in [0.15, 0.2) is 47.4 Å². The molecular weight excluding hydrogens is 276 g/mol. The monoisotopic (exact) mass is 292 g/mol. The zero-order valence-corrected chi connectivity index (χ0v) is 12.1. The lowest BCUT2D eigenvalue weighted by Gasteiger charge is -2.17. The van der Waals surface area contributed by atoms with Gasteiger partial charge < -0.3 is 9.72 Å². The Labute approximate surface area is 127 Å². The predicted octanol–water partition coefficient (Wildman–Crippen LogP) is 3.59. The fourth-order valence-corrected chi connectivity index (χ4v) is 3.02. The van der Waals surface area contributed by atoms with Crippen LogP contribution < -0.4 is 10.3 Å². The molecule has 0 bridgehead atoms. The summed E-state index contributed by atoms with van der Waals surface area (Å²) in [6.45, 7) is 0. The Balaban J connectivity index is 1.73. The lowest BCUT2D eigenvalue weighted by molar-refractivity contribution is 0.485. The molecule has 4 heteroatoms. The number of pyridine rings is 2. The Morgan fingerprint density at radius 1 is 1.00 bits per heavy atom. The molecule has 1 aliphatic rings. The first-order chi connectivity index (χ1) is 10.8. The van der Waals surface area contributed by atoms with Crippen molar-refractivity contribution >= 4 is 11.0 Å². The number of benzene rings is 1. The van der Waals surface area contributed by atoms with E-state index >= 15 is 0 Å². The highest BCUT2D eigenvalue weighted by Gasteiger charge is 2.11. The quantitative estimate of drug-likeness (QED) is 0.785. The van der Waals surface area contributed by atoms with E-state index < -0.39 is 0 Å². The van der Waals surface area contributed by atoms with Crippen LogP contribution in [0, 0.1) is 0 Å². The zero-order chi connectivity index (χ0) is 14.9. The van der Waals surface area contributed by atoms with E-state index in [1.165, 1.54) is 30.0 Å². The molecule has 0 atom stereocenters. The summed E-state index contributed by atoms with van der Waals surface area (Å²) < 4.78 is 6.04. The molecule has 1 aliphatic carbocycles.